The number of ether oxygens (including phenoxy) is 1. The highest BCUT2D eigenvalue weighted by molar-refractivity contribution is 5.88. The van der Waals surface area contributed by atoms with Gasteiger partial charge in [-0.05, 0) is 39.7 Å². The molecule has 0 rings (SSSR count). The normalized spacial score (nSPS) is 13.1. The van der Waals surface area contributed by atoms with Crippen molar-refractivity contribution in [1.29, 1.82) is 0 Å². The number of nitrogens with two attached hydrogens (primary N) is 1. The number of hydrogen-bond acceptors (Lipinski definition) is 3. The van der Waals surface area contributed by atoms with Crippen LogP contribution in [-0.4, -0.2) is 18.6 Å². The molecule has 0 aliphatic rings. The monoisotopic (exact) mass is 213 g/mol. The zero-order chi connectivity index (χ0) is 12.0. The van der Waals surface area contributed by atoms with Crippen molar-refractivity contribution in [2.24, 2.45) is 11.7 Å². The first-order valence-electron chi connectivity index (χ1n) is 5.50. The molecule has 2 N–H and O–H groups in total. The molecule has 0 saturated heterocycles. The Morgan fingerprint density at radius 1 is 1.27 bits per heavy atom. The van der Waals surface area contributed by atoms with Gasteiger partial charge in [0.05, 0.1) is 6.10 Å². The molecule has 0 aromatic heterocycles. The van der Waals surface area contributed by atoms with Crippen LogP contribution in [0.25, 0.3) is 0 Å². The van der Waals surface area contributed by atoms with Gasteiger partial charge < -0.3 is 10.5 Å². The summed E-state index contributed by atoms with van der Waals surface area (Å²) < 4.78 is 5.15. The van der Waals surface area contributed by atoms with E-state index in [0.717, 1.165) is 12.0 Å². The van der Waals surface area contributed by atoms with Crippen LogP contribution < -0.4 is 5.73 Å². The van der Waals surface area contributed by atoms with Crippen molar-refractivity contribution in [3.8, 4) is 0 Å². The summed E-state index contributed by atoms with van der Waals surface area (Å²) in [7, 11) is 0. The molecule has 88 valence electrons. The summed E-state index contributed by atoms with van der Waals surface area (Å²) in [6.45, 7) is 10.2. The van der Waals surface area contributed by atoms with Crippen LogP contribution in [0.5, 0.6) is 0 Å². The minimum absolute atomic E-state index is 0.0706. The van der Waals surface area contributed by atoms with E-state index in [1.807, 2.05) is 20.8 Å². The number of esters is 1. The van der Waals surface area contributed by atoms with Gasteiger partial charge in [-0.3, -0.25) is 0 Å². The molecule has 0 amide bonds. The fourth-order valence-corrected chi connectivity index (χ4v) is 1.50. The van der Waals surface area contributed by atoms with Gasteiger partial charge in [-0.2, -0.15) is 0 Å². The smallest absolute Gasteiger partial charge is 0.333 e. The Hall–Kier alpha value is -0.830. The van der Waals surface area contributed by atoms with Crippen LogP contribution >= 0.6 is 0 Å². The maximum Gasteiger partial charge on any atom is 0.333 e. The van der Waals surface area contributed by atoms with Gasteiger partial charge in [0.15, 0.2) is 0 Å². The fraction of sp³-hybridized carbons (Fsp3) is 0.750. The van der Waals surface area contributed by atoms with Crippen LogP contribution in [0.15, 0.2) is 11.1 Å². The Balaban J connectivity index is 4.75. The average molecular weight is 213 g/mol. The molecule has 0 atom stereocenters. The van der Waals surface area contributed by atoms with E-state index >= 15 is 0 Å². The van der Waals surface area contributed by atoms with Gasteiger partial charge in [0.2, 0.25) is 0 Å². The third-order valence-corrected chi connectivity index (χ3v) is 2.24. The Kier molecular flexibility index (Phi) is 6.25. The van der Waals surface area contributed by atoms with Crippen molar-refractivity contribution < 1.29 is 9.53 Å². The van der Waals surface area contributed by atoms with E-state index in [4.69, 9.17) is 10.5 Å². The maximum atomic E-state index is 11.7. The molecule has 3 heteroatoms. The zero-order valence-electron chi connectivity index (χ0n) is 10.5. The first-order chi connectivity index (χ1) is 6.90. The Labute approximate surface area is 92.7 Å². The van der Waals surface area contributed by atoms with Crippen molar-refractivity contribution in [2.75, 3.05) is 6.54 Å². The molecule has 0 fully saturated rings. The summed E-state index contributed by atoms with van der Waals surface area (Å²) in [4.78, 5) is 11.7. The average Bonchev–Trinajstić information content (AvgIpc) is 2.11. The van der Waals surface area contributed by atoms with E-state index in [1.54, 1.807) is 0 Å². The number of rotatable bonds is 5. The molecule has 0 radical (unpaired) electrons. The standard InChI is InChI=1S/C12H23NO2/c1-8(2)11(6-7-13)10(5)12(14)15-9(3)4/h8-9H,6-7,13H2,1-5H3. The second-order valence-corrected chi connectivity index (χ2v) is 4.30. The molecule has 3 nitrogen and oxygen atoms in total. The highest BCUT2D eigenvalue weighted by Gasteiger charge is 2.15. The third kappa shape index (κ3) is 4.98. The van der Waals surface area contributed by atoms with Crippen molar-refractivity contribution >= 4 is 5.97 Å². The lowest BCUT2D eigenvalue weighted by Gasteiger charge is -2.15. The molecular weight excluding hydrogens is 190 g/mol. The van der Waals surface area contributed by atoms with E-state index in [9.17, 15) is 4.79 Å². The van der Waals surface area contributed by atoms with E-state index in [-0.39, 0.29) is 12.1 Å². The summed E-state index contributed by atoms with van der Waals surface area (Å²) in [5.74, 6) is 0.121. The van der Waals surface area contributed by atoms with E-state index < -0.39 is 0 Å². The van der Waals surface area contributed by atoms with Crippen molar-refractivity contribution in [3.63, 3.8) is 0 Å². The number of hydrogen-bond donors (Lipinski definition) is 1. The van der Waals surface area contributed by atoms with Gasteiger partial charge in [0.25, 0.3) is 0 Å². The molecule has 0 unspecified atom stereocenters. The molecule has 0 saturated carbocycles. The second kappa shape index (κ2) is 6.62. The predicted molar refractivity (Wildman–Crippen MR) is 62.4 cm³/mol. The maximum absolute atomic E-state index is 11.7. The Bertz CT molecular complexity index is 242. The predicted octanol–water partition coefficient (Wildman–Crippen LogP) is 2.26. The molecule has 0 spiro atoms. The SMILES string of the molecule is CC(C(=O)OC(C)C)=C(CCN)C(C)C. The van der Waals surface area contributed by atoms with Gasteiger partial charge >= 0.3 is 5.97 Å². The first-order valence-corrected chi connectivity index (χ1v) is 5.50. The molecule has 0 bridgehead atoms. The largest absolute Gasteiger partial charge is 0.460 e. The lowest BCUT2D eigenvalue weighted by molar-refractivity contribution is -0.142. The van der Waals surface area contributed by atoms with Crippen LogP contribution in [0.4, 0.5) is 0 Å². The summed E-state index contributed by atoms with van der Waals surface area (Å²) in [6, 6.07) is 0. The Morgan fingerprint density at radius 3 is 2.13 bits per heavy atom. The van der Waals surface area contributed by atoms with Gasteiger partial charge in [0.1, 0.15) is 0 Å². The van der Waals surface area contributed by atoms with Crippen LogP contribution in [0.1, 0.15) is 41.0 Å². The lowest BCUT2D eigenvalue weighted by atomic mass is 9.95. The summed E-state index contributed by atoms with van der Waals surface area (Å²) in [5.41, 5.74) is 7.33. The van der Waals surface area contributed by atoms with Gasteiger partial charge in [0, 0.05) is 5.57 Å². The zero-order valence-corrected chi connectivity index (χ0v) is 10.5. The van der Waals surface area contributed by atoms with E-state index in [1.165, 1.54) is 0 Å². The van der Waals surface area contributed by atoms with Gasteiger partial charge in [-0.15, -0.1) is 0 Å². The summed E-state index contributed by atoms with van der Waals surface area (Å²) in [5, 5.41) is 0. The minimum atomic E-state index is -0.220. The molecule has 0 aromatic carbocycles. The fourth-order valence-electron chi connectivity index (χ4n) is 1.50. The topological polar surface area (TPSA) is 52.3 Å². The highest BCUT2D eigenvalue weighted by atomic mass is 16.5. The quantitative estimate of drug-likeness (QED) is 0.563. The molecule has 0 heterocycles. The summed E-state index contributed by atoms with van der Waals surface area (Å²) in [6.07, 6.45) is 0.690. The third-order valence-electron chi connectivity index (χ3n) is 2.24. The molecule has 0 aromatic rings. The summed E-state index contributed by atoms with van der Waals surface area (Å²) >= 11 is 0. The van der Waals surface area contributed by atoms with E-state index in [2.05, 4.69) is 13.8 Å². The van der Waals surface area contributed by atoms with Gasteiger partial charge in [-0.25, -0.2) is 4.79 Å². The van der Waals surface area contributed by atoms with Crippen molar-refractivity contribution in [2.45, 2.75) is 47.1 Å². The van der Waals surface area contributed by atoms with Crippen molar-refractivity contribution in [3.05, 3.63) is 11.1 Å². The molecule has 0 aliphatic carbocycles. The molecule has 0 aliphatic heterocycles. The number of carbonyl (C=O) groups excluding carboxylic acids is 1. The van der Waals surface area contributed by atoms with Crippen LogP contribution in [0, 0.1) is 5.92 Å². The van der Waals surface area contributed by atoms with Crippen LogP contribution in [0.2, 0.25) is 0 Å². The highest BCUT2D eigenvalue weighted by Crippen LogP contribution is 2.19. The minimum Gasteiger partial charge on any atom is -0.460 e. The molecule has 15 heavy (non-hydrogen) atoms. The Morgan fingerprint density at radius 2 is 1.80 bits per heavy atom. The lowest BCUT2D eigenvalue weighted by Crippen LogP contribution is -2.16. The van der Waals surface area contributed by atoms with Crippen LogP contribution in [-0.2, 0) is 9.53 Å². The second-order valence-electron chi connectivity index (χ2n) is 4.30. The van der Waals surface area contributed by atoms with Gasteiger partial charge in [-0.1, -0.05) is 19.4 Å². The van der Waals surface area contributed by atoms with Crippen LogP contribution in [0.3, 0.4) is 0 Å². The van der Waals surface area contributed by atoms with Crippen molar-refractivity contribution in [1.82, 2.24) is 0 Å². The first kappa shape index (κ1) is 14.2. The van der Waals surface area contributed by atoms with E-state index in [0.29, 0.717) is 18.0 Å². The molecular formula is C12H23NO2. The number of carbonyl (C=O) groups is 1.